The van der Waals surface area contributed by atoms with E-state index in [0.717, 1.165) is 6.42 Å². The van der Waals surface area contributed by atoms with Gasteiger partial charge >= 0.3 is 0 Å². The first-order chi connectivity index (χ1) is 15.3. The molecule has 0 radical (unpaired) electrons. The summed E-state index contributed by atoms with van der Waals surface area (Å²) in [6.07, 6.45) is 0.734. The van der Waals surface area contributed by atoms with E-state index in [-0.39, 0.29) is 28.8 Å². The van der Waals surface area contributed by atoms with Crippen LogP contribution >= 0.6 is 0 Å². The van der Waals surface area contributed by atoms with E-state index in [2.05, 4.69) is 15.3 Å². The van der Waals surface area contributed by atoms with Crippen LogP contribution in [0.25, 0.3) is 27.9 Å². The Morgan fingerprint density at radius 1 is 1.25 bits per heavy atom. The number of carbonyl (C=O) groups is 1. The van der Waals surface area contributed by atoms with Crippen LogP contribution in [-0.4, -0.2) is 38.5 Å². The van der Waals surface area contributed by atoms with Gasteiger partial charge in [0.1, 0.15) is 22.6 Å². The van der Waals surface area contributed by atoms with Crippen LogP contribution in [0.15, 0.2) is 42.5 Å². The highest BCUT2D eigenvalue weighted by Crippen LogP contribution is 2.36. The standard InChI is InChI=1S/C22H22N6O4/c1-4-12(2)24-22(29)18-19-21(26-15-8-6-5-7-14(15)25-19)27(20(18)23)16-11-13(28(30)31)9-10-17(16)32-3/h5-12H,4,23H2,1-3H3,(H,24,29)/t12-/m0/s1. The lowest BCUT2D eigenvalue weighted by atomic mass is 10.2. The van der Waals surface area contributed by atoms with Crippen molar-refractivity contribution in [1.82, 2.24) is 19.9 Å². The fourth-order valence-electron chi connectivity index (χ4n) is 3.49. The number of hydrogen-bond acceptors (Lipinski definition) is 7. The molecule has 0 bridgehead atoms. The van der Waals surface area contributed by atoms with Gasteiger partial charge in [-0.25, -0.2) is 9.97 Å². The third kappa shape index (κ3) is 3.45. The minimum Gasteiger partial charge on any atom is -0.495 e. The smallest absolute Gasteiger partial charge is 0.271 e. The number of amides is 1. The van der Waals surface area contributed by atoms with Gasteiger partial charge in [0.15, 0.2) is 5.65 Å². The summed E-state index contributed by atoms with van der Waals surface area (Å²) in [5.74, 6) is 0.00697. The predicted octanol–water partition coefficient (Wildman–Crippen LogP) is 3.60. The Morgan fingerprint density at radius 2 is 1.94 bits per heavy atom. The van der Waals surface area contributed by atoms with Crippen molar-refractivity contribution < 1.29 is 14.5 Å². The highest BCUT2D eigenvalue weighted by molar-refractivity contribution is 6.11. The third-order valence-corrected chi connectivity index (χ3v) is 5.33. The summed E-state index contributed by atoms with van der Waals surface area (Å²) in [6, 6.07) is 11.3. The number of nitro groups is 1. The summed E-state index contributed by atoms with van der Waals surface area (Å²) in [5.41, 5.74) is 8.57. The molecule has 10 heteroatoms. The van der Waals surface area contributed by atoms with Crippen LogP contribution in [0.2, 0.25) is 0 Å². The van der Waals surface area contributed by atoms with Crippen molar-refractivity contribution in [3.8, 4) is 11.4 Å². The molecule has 10 nitrogen and oxygen atoms in total. The average molecular weight is 434 g/mol. The monoisotopic (exact) mass is 434 g/mol. The fourth-order valence-corrected chi connectivity index (χ4v) is 3.49. The minimum absolute atomic E-state index is 0.0647. The molecule has 32 heavy (non-hydrogen) atoms. The SMILES string of the molecule is CC[C@H](C)NC(=O)c1c(N)n(-c2cc([N+](=O)[O-])ccc2OC)c2nc3ccccc3nc12. The molecule has 0 saturated carbocycles. The molecule has 0 unspecified atom stereocenters. The maximum atomic E-state index is 13.1. The van der Waals surface area contributed by atoms with Gasteiger partial charge in [-0.15, -0.1) is 0 Å². The van der Waals surface area contributed by atoms with Crippen molar-refractivity contribution in [2.24, 2.45) is 0 Å². The van der Waals surface area contributed by atoms with Crippen molar-refractivity contribution in [2.75, 3.05) is 12.8 Å². The molecule has 2 aromatic heterocycles. The molecule has 0 aliphatic heterocycles. The number of nitrogen functional groups attached to an aromatic ring is 1. The number of fused-ring (bicyclic) bond motifs is 2. The van der Waals surface area contributed by atoms with Gasteiger partial charge in [0.2, 0.25) is 0 Å². The van der Waals surface area contributed by atoms with Gasteiger partial charge in [0.25, 0.3) is 11.6 Å². The lowest BCUT2D eigenvalue weighted by Crippen LogP contribution is -2.32. The zero-order chi connectivity index (χ0) is 23.0. The Balaban J connectivity index is 2.08. The zero-order valence-electron chi connectivity index (χ0n) is 17.8. The number of carbonyl (C=O) groups excluding carboxylic acids is 1. The number of aromatic nitrogens is 3. The Labute approximate surface area is 183 Å². The minimum atomic E-state index is -0.511. The van der Waals surface area contributed by atoms with Gasteiger partial charge in [0.05, 0.1) is 28.8 Å². The molecule has 164 valence electrons. The fraction of sp³-hybridized carbons (Fsp3) is 0.227. The largest absolute Gasteiger partial charge is 0.495 e. The molecule has 2 heterocycles. The first-order valence-corrected chi connectivity index (χ1v) is 10.1. The summed E-state index contributed by atoms with van der Waals surface area (Å²) in [5, 5.41) is 14.3. The van der Waals surface area contributed by atoms with Crippen molar-refractivity contribution >= 4 is 39.6 Å². The molecule has 0 aliphatic carbocycles. The first-order valence-electron chi connectivity index (χ1n) is 10.1. The number of benzene rings is 2. The average Bonchev–Trinajstić information content (AvgIpc) is 3.07. The first kappa shape index (κ1) is 21.0. The molecule has 4 rings (SSSR count). The van der Waals surface area contributed by atoms with Crippen molar-refractivity contribution in [1.29, 1.82) is 0 Å². The number of para-hydroxylation sites is 2. The normalized spacial score (nSPS) is 12.1. The van der Waals surface area contributed by atoms with Gasteiger partial charge < -0.3 is 15.8 Å². The maximum absolute atomic E-state index is 13.1. The second kappa shape index (κ2) is 8.14. The lowest BCUT2D eigenvalue weighted by molar-refractivity contribution is -0.384. The number of methoxy groups -OCH3 is 1. The van der Waals surface area contributed by atoms with E-state index in [9.17, 15) is 14.9 Å². The molecule has 0 saturated heterocycles. The van der Waals surface area contributed by atoms with Gasteiger partial charge in [-0.1, -0.05) is 19.1 Å². The molecule has 1 amide bonds. The number of hydrogen-bond donors (Lipinski definition) is 2. The number of non-ortho nitro benzene ring substituents is 1. The topological polar surface area (TPSA) is 138 Å². The van der Waals surface area contributed by atoms with E-state index < -0.39 is 10.8 Å². The van der Waals surface area contributed by atoms with Gasteiger partial charge in [-0.2, -0.15) is 0 Å². The summed E-state index contributed by atoms with van der Waals surface area (Å²) in [4.78, 5) is 33.4. The van der Waals surface area contributed by atoms with Crippen LogP contribution in [0, 0.1) is 10.1 Å². The lowest BCUT2D eigenvalue weighted by Gasteiger charge is -2.13. The quantitative estimate of drug-likeness (QED) is 0.349. The van der Waals surface area contributed by atoms with E-state index in [4.69, 9.17) is 10.5 Å². The van der Waals surface area contributed by atoms with Crippen LogP contribution in [0.5, 0.6) is 5.75 Å². The molecular weight excluding hydrogens is 412 g/mol. The predicted molar refractivity (Wildman–Crippen MR) is 121 cm³/mol. The van der Waals surface area contributed by atoms with Gasteiger partial charge in [-0.05, 0) is 31.5 Å². The van der Waals surface area contributed by atoms with Crippen LogP contribution < -0.4 is 15.8 Å². The highest BCUT2D eigenvalue weighted by atomic mass is 16.6. The number of nitrogens with two attached hydrogens (primary N) is 1. The van der Waals surface area contributed by atoms with Gasteiger partial charge in [-0.3, -0.25) is 19.5 Å². The van der Waals surface area contributed by atoms with Crippen molar-refractivity contribution in [2.45, 2.75) is 26.3 Å². The number of rotatable bonds is 6. The molecule has 0 aliphatic rings. The maximum Gasteiger partial charge on any atom is 0.271 e. The number of nitrogens with zero attached hydrogens (tertiary/aromatic N) is 4. The van der Waals surface area contributed by atoms with E-state index in [1.807, 2.05) is 26.0 Å². The third-order valence-electron chi connectivity index (χ3n) is 5.33. The number of anilines is 1. The molecule has 3 N–H and O–H groups in total. The summed E-state index contributed by atoms with van der Waals surface area (Å²) >= 11 is 0. The molecule has 4 aromatic rings. The molecule has 0 spiro atoms. The molecule has 2 aromatic carbocycles. The summed E-state index contributed by atoms with van der Waals surface area (Å²) in [6.45, 7) is 3.84. The van der Waals surface area contributed by atoms with Crippen molar-refractivity contribution in [3.05, 3.63) is 58.1 Å². The number of nitrogens with one attached hydrogen (secondary N) is 1. The van der Waals surface area contributed by atoms with E-state index in [1.54, 1.807) is 12.1 Å². The van der Waals surface area contributed by atoms with Crippen LogP contribution in [-0.2, 0) is 0 Å². The second-order valence-corrected chi connectivity index (χ2v) is 7.38. The highest BCUT2D eigenvalue weighted by Gasteiger charge is 2.27. The van der Waals surface area contributed by atoms with Crippen LogP contribution in [0.3, 0.4) is 0 Å². The van der Waals surface area contributed by atoms with E-state index >= 15 is 0 Å². The van der Waals surface area contributed by atoms with Gasteiger partial charge in [0, 0.05) is 18.2 Å². The Hall–Kier alpha value is -4.21. The Bertz CT molecular complexity index is 1360. The summed E-state index contributed by atoms with van der Waals surface area (Å²) in [7, 11) is 1.45. The van der Waals surface area contributed by atoms with E-state index in [1.165, 1.54) is 29.9 Å². The number of nitro benzene ring substituents is 1. The zero-order valence-corrected chi connectivity index (χ0v) is 17.8. The molecular formula is C22H22N6O4. The number of ether oxygens (including phenoxy) is 1. The summed E-state index contributed by atoms with van der Waals surface area (Å²) < 4.78 is 6.91. The molecule has 1 atom stereocenters. The Morgan fingerprint density at radius 3 is 2.56 bits per heavy atom. The Kier molecular flexibility index (Phi) is 5.35. The van der Waals surface area contributed by atoms with Crippen LogP contribution in [0.4, 0.5) is 11.5 Å². The van der Waals surface area contributed by atoms with Crippen LogP contribution in [0.1, 0.15) is 30.6 Å². The van der Waals surface area contributed by atoms with E-state index in [0.29, 0.717) is 27.9 Å². The molecule has 0 fully saturated rings. The second-order valence-electron chi connectivity index (χ2n) is 7.38. The van der Waals surface area contributed by atoms with Crippen molar-refractivity contribution in [3.63, 3.8) is 0 Å².